The number of sulfonamides is 1. The Balaban J connectivity index is 1.25. The van der Waals surface area contributed by atoms with E-state index in [0.717, 1.165) is 42.8 Å². The fourth-order valence-corrected chi connectivity index (χ4v) is 8.43. The topological polar surface area (TPSA) is 40.6 Å². The average Bonchev–Trinajstić information content (AvgIpc) is 2.67. The normalized spacial score (nSPS) is 35.9. The lowest BCUT2D eigenvalue weighted by Gasteiger charge is -2.58. The highest BCUT2D eigenvalue weighted by Gasteiger charge is 2.50. The summed E-state index contributed by atoms with van der Waals surface area (Å²) >= 11 is 0. The first-order valence-corrected chi connectivity index (χ1v) is 13.0. The Labute approximate surface area is 176 Å². The Morgan fingerprint density at radius 3 is 1.79 bits per heavy atom. The predicted molar refractivity (Wildman–Crippen MR) is 116 cm³/mol. The lowest BCUT2D eigenvalue weighted by molar-refractivity contribution is -0.0720. The number of piperazine rings is 1. The zero-order valence-corrected chi connectivity index (χ0v) is 19.0. The number of rotatable bonds is 3. The van der Waals surface area contributed by atoms with Crippen molar-refractivity contribution in [1.82, 2.24) is 9.21 Å². The van der Waals surface area contributed by atoms with Crippen molar-refractivity contribution in [2.45, 2.75) is 69.2 Å². The van der Waals surface area contributed by atoms with E-state index >= 15 is 0 Å². The molecule has 0 radical (unpaired) electrons. The van der Waals surface area contributed by atoms with E-state index in [-0.39, 0.29) is 5.41 Å². The smallest absolute Gasteiger partial charge is 0.243 e. The third-order valence-electron chi connectivity index (χ3n) is 8.23. The first kappa shape index (κ1) is 20.0. The maximum atomic E-state index is 13.2. The van der Waals surface area contributed by atoms with Crippen LogP contribution in [0.25, 0.3) is 0 Å². The van der Waals surface area contributed by atoms with Gasteiger partial charge in [0.15, 0.2) is 0 Å². The highest BCUT2D eigenvalue weighted by Crippen LogP contribution is 2.55. The van der Waals surface area contributed by atoms with Gasteiger partial charge >= 0.3 is 0 Å². The van der Waals surface area contributed by atoms with Crippen LogP contribution in [0.1, 0.15) is 58.4 Å². The van der Waals surface area contributed by atoms with E-state index in [2.05, 4.69) is 25.7 Å². The zero-order valence-electron chi connectivity index (χ0n) is 18.2. The van der Waals surface area contributed by atoms with Gasteiger partial charge in [0.25, 0.3) is 0 Å². The van der Waals surface area contributed by atoms with Crippen LogP contribution in [0, 0.1) is 23.7 Å². The molecule has 0 N–H and O–H groups in total. The molecular formula is C24H36N2O2S. The third-order valence-corrected chi connectivity index (χ3v) is 10.1. The summed E-state index contributed by atoms with van der Waals surface area (Å²) in [7, 11) is -3.39. The molecule has 0 aromatic heterocycles. The van der Waals surface area contributed by atoms with E-state index in [1.165, 1.54) is 37.7 Å². The second-order valence-electron chi connectivity index (χ2n) is 11.1. The molecule has 0 amide bonds. The lowest BCUT2D eigenvalue weighted by Crippen LogP contribution is -2.60. The summed E-state index contributed by atoms with van der Waals surface area (Å²) in [5.74, 6) is 3.73. The summed E-state index contributed by atoms with van der Waals surface area (Å²) in [6.07, 6.45) is 7.19. The maximum Gasteiger partial charge on any atom is 0.243 e. The molecule has 5 heteroatoms. The van der Waals surface area contributed by atoms with Crippen LogP contribution in [0.2, 0.25) is 0 Å². The number of nitrogens with zero attached hydrogens (tertiary/aromatic N) is 2. The molecule has 4 aliphatic carbocycles. The van der Waals surface area contributed by atoms with Crippen LogP contribution in [-0.2, 0) is 15.4 Å². The molecule has 29 heavy (non-hydrogen) atoms. The molecule has 0 spiro atoms. The van der Waals surface area contributed by atoms with Gasteiger partial charge in [-0.25, -0.2) is 8.42 Å². The minimum atomic E-state index is -3.39. The van der Waals surface area contributed by atoms with Gasteiger partial charge in [0, 0.05) is 32.2 Å². The van der Waals surface area contributed by atoms with Crippen LogP contribution in [0.3, 0.4) is 0 Å². The highest BCUT2D eigenvalue weighted by atomic mass is 32.2. The van der Waals surface area contributed by atoms with Crippen molar-refractivity contribution in [2.24, 2.45) is 23.7 Å². The van der Waals surface area contributed by atoms with Crippen LogP contribution in [0.4, 0.5) is 0 Å². The average molecular weight is 417 g/mol. The molecule has 6 rings (SSSR count). The van der Waals surface area contributed by atoms with E-state index in [9.17, 15) is 8.42 Å². The van der Waals surface area contributed by atoms with Crippen molar-refractivity contribution in [3.63, 3.8) is 0 Å². The van der Waals surface area contributed by atoms with E-state index in [4.69, 9.17) is 0 Å². The zero-order chi connectivity index (χ0) is 20.4. The third kappa shape index (κ3) is 3.57. The molecule has 5 fully saturated rings. The van der Waals surface area contributed by atoms with Crippen LogP contribution in [0.5, 0.6) is 0 Å². The second kappa shape index (κ2) is 7.06. The van der Waals surface area contributed by atoms with E-state index in [1.54, 1.807) is 16.4 Å². The van der Waals surface area contributed by atoms with Crippen molar-refractivity contribution in [3.05, 3.63) is 29.8 Å². The number of benzene rings is 1. The Kier molecular flexibility index (Phi) is 4.88. The molecule has 0 unspecified atom stereocenters. The fourth-order valence-electron chi connectivity index (χ4n) is 7.01. The van der Waals surface area contributed by atoms with Gasteiger partial charge in [-0.05, 0) is 78.9 Å². The number of hydrogen-bond donors (Lipinski definition) is 0. The van der Waals surface area contributed by atoms with Crippen LogP contribution >= 0.6 is 0 Å². The van der Waals surface area contributed by atoms with Crippen molar-refractivity contribution in [2.75, 3.05) is 26.2 Å². The first-order valence-electron chi connectivity index (χ1n) is 11.6. The molecule has 1 saturated heterocycles. The molecule has 160 valence electrons. The predicted octanol–water partition coefficient (Wildman–Crippen LogP) is 4.12. The summed E-state index contributed by atoms with van der Waals surface area (Å²) in [6.45, 7) is 9.51. The largest absolute Gasteiger partial charge is 0.297 e. The Bertz CT molecular complexity index is 820. The van der Waals surface area contributed by atoms with Gasteiger partial charge in [-0.3, -0.25) is 4.90 Å². The minimum absolute atomic E-state index is 0.0343. The molecule has 5 aliphatic rings. The number of hydrogen-bond acceptors (Lipinski definition) is 3. The molecular weight excluding hydrogens is 380 g/mol. The van der Waals surface area contributed by atoms with Crippen molar-refractivity contribution in [1.29, 1.82) is 0 Å². The summed E-state index contributed by atoms with van der Waals surface area (Å²) in [6, 6.07) is 8.24. The van der Waals surface area contributed by atoms with Gasteiger partial charge in [-0.2, -0.15) is 4.31 Å². The van der Waals surface area contributed by atoms with Gasteiger partial charge in [0.05, 0.1) is 4.90 Å². The molecule has 1 aliphatic heterocycles. The molecule has 1 heterocycles. The SMILES string of the molecule is CC(C)(C)c1ccc(S(=O)(=O)N2CCN(C3C4CC5CC(C4)CC3C5)CC2)cc1. The summed E-state index contributed by atoms with van der Waals surface area (Å²) < 4.78 is 28.1. The molecule has 4 saturated carbocycles. The highest BCUT2D eigenvalue weighted by molar-refractivity contribution is 7.89. The summed E-state index contributed by atoms with van der Waals surface area (Å²) in [5.41, 5.74) is 1.20. The van der Waals surface area contributed by atoms with Gasteiger partial charge in [0.2, 0.25) is 10.0 Å². The molecule has 1 aromatic carbocycles. The molecule has 4 nitrogen and oxygen atoms in total. The lowest BCUT2D eigenvalue weighted by atomic mass is 9.54. The summed E-state index contributed by atoms with van der Waals surface area (Å²) in [4.78, 5) is 3.09. The van der Waals surface area contributed by atoms with Gasteiger partial charge < -0.3 is 0 Å². The van der Waals surface area contributed by atoms with Gasteiger partial charge in [0.1, 0.15) is 0 Å². The molecule has 0 atom stereocenters. The van der Waals surface area contributed by atoms with Gasteiger partial charge in [-0.15, -0.1) is 0 Å². The summed E-state index contributed by atoms with van der Waals surface area (Å²) in [5, 5.41) is 0. The quantitative estimate of drug-likeness (QED) is 0.744. The minimum Gasteiger partial charge on any atom is -0.297 e. The van der Waals surface area contributed by atoms with E-state index < -0.39 is 10.0 Å². The maximum absolute atomic E-state index is 13.2. The van der Waals surface area contributed by atoms with E-state index in [1.807, 2.05) is 12.1 Å². The molecule has 4 bridgehead atoms. The van der Waals surface area contributed by atoms with Crippen LogP contribution < -0.4 is 0 Å². The second-order valence-corrected chi connectivity index (χ2v) is 13.1. The fraction of sp³-hybridized carbons (Fsp3) is 0.750. The van der Waals surface area contributed by atoms with Gasteiger partial charge in [-0.1, -0.05) is 32.9 Å². The van der Waals surface area contributed by atoms with Crippen molar-refractivity contribution in [3.8, 4) is 0 Å². The Morgan fingerprint density at radius 1 is 0.793 bits per heavy atom. The van der Waals surface area contributed by atoms with Crippen LogP contribution in [0.15, 0.2) is 29.2 Å². The monoisotopic (exact) mass is 416 g/mol. The van der Waals surface area contributed by atoms with Crippen LogP contribution in [-0.4, -0.2) is 49.8 Å². The van der Waals surface area contributed by atoms with Crippen molar-refractivity contribution >= 4 is 10.0 Å². The standard InChI is InChI=1S/C24H36N2O2S/c1-24(2,3)21-4-6-22(7-5-21)29(27,28)26-10-8-25(9-11-26)23-19-13-17-12-18(15-19)16-20(23)14-17/h4-7,17-20,23H,8-16H2,1-3H3. The van der Waals surface area contributed by atoms with E-state index in [0.29, 0.717) is 18.0 Å². The molecule has 1 aromatic rings. The Morgan fingerprint density at radius 2 is 1.31 bits per heavy atom. The first-order chi connectivity index (χ1) is 13.7. The van der Waals surface area contributed by atoms with Crippen molar-refractivity contribution < 1.29 is 8.42 Å². The Hall–Kier alpha value is -0.910.